The van der Waals surface area contributed by atoms with Crippen LogP contribution in [0.1, 0.15) is 393 Å². The highest BCUT2D eigenvalue weighted by atomic mass is 16.6. The highest BCUT2D eigenvalue weighted by molar-refractivity contribution is 5.71. The van der Waals surface area contributed by atoms with Gasteiger partial charge in [-0.25, -0.2) is 0 Å². The Bertz CT molecular complexity index is 1400. The van der Waals surface area contributed by atoms with Crippen molar-refractivity contribution in [1.82, 2.24) is 0 Å². The third-order valence-electron chi connectivity index (χ3n) is 16.3. The van der Waals surface area contributed by atoms with Gasteiger partial charge >= 0.3 is 17.9 Å². The molecule has 1 unspecified atom stereocenters. The number of hydrogen-bond acceptors (Lipinski definition) is 6. The van der Waals surface area contributed by atoms with Gasteiger partial charge in [-0.05, 0) is 77.0 Å². The maximum Gasteiger partial charge on any atom is 0.306 e. The van der Waals surface area contributed by atoms with Gasteiger partial charge in [0.1, 0.15) is 13.2 Å². The zero-order chi connectivity index (χ0) is 58.5. The van der Waals surface area contributed by atoms with Gasteiger partial charge in [0.2, 0.25) is 0 Å². The summed E-state index contributed by atoms with van der Waals surface area (Å²) < 4.78 is 17.0. The molecule has 81 heavy (non-hydrogen) atoms. The number of unbranched alkanes of at least 4 members (excludes halogenated alkanes) is 48. The summed E-state index contributed by atoms with van der Waals surface area (Å²) in [5.74, 6) is -0.870. The molecule has 0 aromatic heterocycles. The Morgan fingerprint density at radius 3 is 0.741 bits per heavy atom. The van der Waals surface area contributed by atoms with Crippen molar-refractivity contribution in [2.45, 2.75) is 399 Å². The molecule has 0 saturated carbocycles. The number of carbonyl (C=O) groups is 3. The van der Waals surface area contributed by atoms with E-state index in [2.05, 4.69) is 69.4 Å². The minimum absolute atomic E-state index is 0.0755. The first-order chi connectivity index (χ1) is 40.0. The molecule has 0 radical (unpaired) electrons. The lowest BCUT2D eigenvalue weighted by Gasteiger charge is -2.18. The molecule has 0 spiro atoms. The molecule has 0 aromatic carbocycles. The van der Waals surface area contributed by atoms with Gasteiger partial charge < -0.3 is 14.2 Å². The van der Waals surface area contributed by atoms with Gasteiger partial charge in [-0.15, -0.1) is 0 Å². The van der Waals surface area contributed by atoms with Gasteiger partial charge in [-0.1, -0.05) is 345 Å². The van der Waals surface area contributed by atoms with Crippen LogP contribution in [0.5, 0.6) is 0 Å². The largest absolute Gasteiger partial charge is 0.462 e. The molecule has 6 nitrogen and oxygen atoms in total. The highest BCUT2D eigenvalue weighted by Gasteiger charge is 2.19. The molecule has 6 heteroatoms. The van der Waals surface area contributed by atoms with Crippen molar-refractivity contribution in [1.29, 1.82) is 0 Å². The molecule has 0 aromatic rings. The molecular weight excluding hydrogens is 997 g/mol. The van der Waals surface area contributed by atoms with Crippen LogP contribution in [-0.2, 0) is 28.6 Å². The van der Waals surface area contributed by atoms with E-state index < -0.39 is 6.10 Å². The predicted molar refractivity (Wildman–Crippen MR) is 353 cm³/mol. The molecule has 1 atom stereocenters. The first kappa shape index (κ1) is 78.4. The number of allylic oxidation sites excluding steroid dienone is 8. The van der Waals surface area contributed by atoms with Crippen molar-refractivity contribution >= 4 is 17.9 Å². The van der Waals surface area contributed by atoms with Gasteiger partial charge in [0.25, 0.3) is 0 Å². The van der Waals surface area contributed by atoms with Crippen LogP contribution >= 0.6 is 0 Å². The minimum atomic E-state index is -0.781. The fraction of sp³-hybridized carbons (Fsp3) is 0.853. The third kappa shape index (κ3) is 68.0. The van der Waals surface area contributed by atoms with Crippen LogP contribution in [-0.4, -0.2) is 37.2 Å². The van der Waals surface area contributed by atoms with Crippen LogP contribution in [0.2, 0.25) is 0 Å². The van der Waals surface area contributed by atoms with Crippen molar-refractivity contribution in [3.8, 4) is 0 Å². The maximum atomic E-state index is 12.9. The first-order valence-electron chi connectivity index (χ1n) is 36.1. The Morgan fingerprint density at radius 2 is 0.457 bits per heavy atom. The number of hydrogen-bond donors (Lipinski definition) is 0. The van der Waals surface area contributed by atoms with Crippen LogP contribution in [0, 0.1) is 0 Å². The van der Waals surface area contributed by atoms with Crippen molar-refractivity contribution in [2.24, 2.45) is 0 Å². The van der Waals surface area contributed by atoms with Gasteiger partial charge in [-0.3, -0.25) is 14.4 Å². The van der Waals surface area contributed by atoms with Crippen LogP contribution in [0.3, 0.4) is 0 Å². The summed E-state index contributed by atoms with van der Waals surface area (Å²) in [4.78, 5) is 38.4. The van der Waals surface area contributed by atoms with Crippen molar-refractivity contribution < 1.29 is 28.6 Å². The van der Waals surface area contributed by atoms with E-state index in [9.17, 15) is 14.4 Å². The summed E-state index contributed by atoms with van der Waals surface area (Å²) in [7, 11) is 0. The number of carbonyl (C=O) groups excluding carboxylic acids is 3. The summed E-state index contributed by atoms with van der Waals surface area (Å²) in [6, 6.07) is 0. The third-order valence-corrected chi connectivity index (χ3v) is 16.3. The molecule has 474 valence electrons. The number of esters is 3. The molecule has 0 aliphatic heterocycles. The highest BCUT2D eigenvalue weighted by Crippen LogP contribution is 2.19. The molecule has 0 aliphatic rings. The SMILES string of the molecule is CCCC/C=C\C/C=C\CCCCCCCC(=O)OCC(COC(=O)CCCCCCCCCCCCCCCCCCCCCCCCCCCCCCCC)OC(=O)CCCCCCCCCCC/C=C\C/C=C\CCCCC. The second kappa shape index (κ2) is 69.9. The van der Waals surface area contributed by atoms with Gasteiger partial charge in [-0.2, -0.15) is 0 Å². The molecule has 0 N–H and O–H groups in total. The second-order valence-corrected chi connectivity index (χ2v) is 24.5. The van der Waals surface area contributed by atoms with E-state index in [1.807, 2.05) is 0 Å². The van der Waals surface area contributed by atoms with Gasteiger partial charge in [0.05, 0.1) is 0 Å². The zero-order valence-electron chi connectivity index (χ0n) is 54.6. The Hall–Kier alpha value is -2.63. The van der Waals surface area contributed by atoms with E-state index in [0.29, 0.717) is 19.3 Å². The van der Waals surface area contributed by atoms with E-state index in [1.54, 1.807) is 0 Å². The first-order valence-corrected chi connectivity index (χ1v) is 36.1. The molecule has 0 fully saturated rings. The Kier molecular flexibility index (Phi) is 67.6. The lowest BCUT2D eigenvalue weighted by molar-refractivity contribution is -0.167. The maximum absolute atomic E-state index is 12.9. The van der Waals surface area contributed by atoms with Crippen LogP contribution in [0.4, 0.5) is 0 Å². The Labute approximate surface area is 505 Å². The van der Waals surface area contributed by atoms with E-state index >= 15 is 0 Å². The monoisotopic (exact) mass is 1140 g/mol. The Morgan fingerprint density at radius 1 is 0.247 bits per heavy atom. The van der Waals surface area contributed by atoms with E-state index in [4.69, 9.17) is 14.2 Å². The van der Waals surface area contributed by atoms with Crippen LogP contribution in [0.15, 0.2) is 48.6 Å². The molecule has 0 bridgehead atoms. The lowest BCUT2D eigenvalue weighted by atomic mass is 10.0. The predicted octanol–water partition coefficient (Wildman–Crippen LogP) is 24.9. The quantitative estimate of drug-likeness (QED) is 0.0261. The average Bonchev–Trinajstić information content (AvgIpc) is 3.47. The van der Waals surface area contributed by atoms with E-state index in [0.717, 1.165) is 83.5 Å². The summed E-state index contributed by atoms with van der Waals surface area (Å²) in [5.41, 5.74) is 0. The summed E-state index contributed by atoms with van der Waals surface area (Å²) in [6.07, 6.45) is 88.7. The average molecular weight is 1140 g/mol. The zero-order valence-corrected chi connectivity index (χ0v) is 54.6. The molecule has 0 saturated heterocycles. The van der Waals surface area contributed by atoms with Crippen molar-refractivity contribution in [2.75, 3.05) is 13.2 Å². The smallest absolute Gasteiger partial charge is 0.306 e. The lowest BCUT2D eigenvalue weighted by Crippen LogP contribution is -2.30. The topological polar surface area (TPSA) is 78.9 Å². The van der Waals surface area contributed by atoms with Crippen LogP contribution < -0.4 is 0 Å². The molecule has 0 aliphatic carbocycles. The molecular formula is C75H138O6. The summed E-state index contributed by atoms with van der Waals surface area (Å²) in [6.45, 7) is 6.63. The molecule has 0 rings (SSSR count). The Balaban J connectivity index is 4.19. The van der Waals surface area contributed by atoms with Gasteiger partial charge in [0, 0.05) is 19.3 Å². The number of ether oxygens (including phenoxy) is 3. The minimum Gasteiger partial charge on any atom is -0.462 e. The molecule has 0 heterocycles. The fourth-order valence-electron chi connectivity index (χ4n) is 10.8. The van der Waals surface area contributed by atoms with E-state index in [-0.39, 0.29) is 31.1 Å². The normalized spacial score (nSPS) is 12.3. The van der Waals surface area contributed by atoms with Crippen molar-refractivity contribution in [3.05, 3.63) is 48.6 Å². The number of rotatable bonds is 67. The fourth-order valence-corrected chi connectivity index (χ4v) is 10.8. The summed E-state index contributed by atoms with van der Waals surface area (Å²) in [5, 5.41) is 0. The summed E-state index contributed by atoms with van der Waals surface area (Å²) >= 11 is 0. The van der Waals surface area contributed by atoms with Crippen molar-refractivity contribution in [3.63, 3.8) is 0 Å². The van der Waals surface area contributed by atoms with Gasteiger partial charge in [0.15, 0.2) is 6.10 Å². The second-order valence-electron chi connectivity index (χ2n) is 24.5. The molecule has 0 amide bonds. The standard InChI is InChI=1S/C75H138O6/c1-4-7-10-13-16-19-22-25-28-30-32-33-34-35-36-37-38-39-40-41-42-44-45-47-50-53-56-59-62-65-68-74(77)80-71-72(70-79-73(76)67-64-61-58-55-52-49-27-24-21-18-15-12-9-6-3)81-75(78)69-66-63-60-57-54-51-48-46-43-31-29-26-23-20-17-14-11-8-5-2/h15,17-18,20,24,26-27,29,72H,4-14,16,19,21-23,25,28,30-71H2,1-3H3/b18-15-,20-17-,27-24-,29-26-. The van der Waals surface area contributed by atoms with E-state index in [1.165, 1.54) is 270 Å². The van der Waals surface area contributed by atoms with Crippen LogP contribution in [0.25, 0.3) is 0 Å².